The molecule has 0 aromatic carbocycles. The first-order valence-corrected chi connectivity index (χ1v) is 2.97. The lowest BCUT2D eigenvalue weighted by Crippen LogP contribution is -2.52. The van der Waals surface area contributed by atoms with Crippen LogP contribution in [0.15, 0.2) is 0 Å². The SMILES string of the molecule is O=C1CCC(C(=O)O)NN1. The second-order valence-electron chi connectivity index (χ2n) is 2.12. The number of hydrogen-bond donors (Lipinski definition) is 3. The van der Waals surface area contributed by atoms with E-state index in [1.54, 1.807) is 0 Å². The second kappa shape index (κ2) is 2.66. The molecular weight excluding hydrogens is 136 g/mol. The molecule has 1 aliphatic rings. The van der Waals surface area contributed by atoms with Crippen molar-refractivity contribution in [1.82, 2.24) is 10.9 Å². The first kappa shape index (κ1) is 7.01. The molecule has 10 heavy (non-hydrogen) atoms. The fraction of sp³-hybridized carbons (Fsp3) is 0.600. The highest BCUT2D eigenvalue weighted by atomic mass is 16.4. The van der Waals surface area contributed by atoms with Crippen LogP contribution in [0.25, 0.3) is 0 Å². The van der Waals surface area contributed by atoms with Gasteiger partial charge in [0, 0.05) is 6.42 Å². The summed E-state index contributed by atoms with van der Waals surface area (Å²) in [6.45, 7) is 0. The summed E-state index contributed by atoms with van der Waals surface area (Å²) in [5.41, 5.74) is 4.61. The Kier molecular flexibility index (Phi) is 1.86. The van der Waals surface area contributed by atoms with Crippen molar-refractivity contribution in [2.45, 2.75) is 18.9 Å². The molecule has 0 radical (unpaired) electrons. The monoisotopic (exact) mass is 144 g/mol. The Morgan fingerprint density at radius 3 is 2.80 bits per heavy atom. The van der Waals surface area contributed by atoms with Gasteiger partial charge in [0.2, 0.25) is 5.91 Å². The molecule has 1 unspecified atom stereocenters. The van der Waals surface area contributed by atoms with Crippen LogP contribution in [0.3, 0.4) is 0 Å². The zero-order valence-electron chi connectivity index (χ0n) is 5.26. The zero-order chi connectivity index (χ0) is 7.56. The van der Waals surface area contributed by atoms with Crippen molar-refractivity contribution in [3.63, 3.8) is 0 Å². The molecule has 0 spiro atoms. The molecule has 1 fully saturated rings. The highest BCUT2D eigenvalue weighted by molar-refractivity contribution is 5.80. The quantitative estimate of drug-likeness (QED) is 0.434. The third-order valence-electron chi connectivity index (χ3n) is 1.34. The van der Waals surface area contributed by atoms with Crippen LogP contribution >= 0.6 is 0 Å². The molecule has 56 valence electrons. The molecular formula is C5H8N2O3. The zero-order valence-corrected chi connectivity index (χ0v) is 5.26. The van der Waals surface area contributed by atoms with E-state index < -0.39 is 12.0 Å². The van der Waals surface area contributed by atoms with Crippen molar-refractivity contribution in [1.29, 1.82) is 0 Å². The van der Waals surface area contributed by atoms with Gasteiger partial charge in [-0.2, -0.15) is 0 Å². The summed E-state index contributed by atoms with van der Waals surface area (Å²) >= 11 is 0. The summed E-state index contributed by atoms with van der Waals surface area (Å²) in [4.78, 5) is 20.7. The van der Waals surface area contributed by atoms with Crippen LogP contribution in [0, 0.1) is 0 Å². The Labute approximate surface area is 57.4 Å². The third kappa shape index (κ3) is 1.44. The predicted octanol–water partition coefficient (Wildman–Crippen LogP) is -1.15. The van der Waals surface area contributed by atoms with Gasteiger partial charge in [-0.25, -0.2) is 5.43 Å². The van der Waals surface area contributed by atoms with Crippen LogP contribution in [0.2, 0.25) is 0 Å². The number of carbonyl (C=O) groups excluding carboxylic acids is 1. The van der Waals surface area contributed by atoms with Crippen LogP contribution in [0.5, 0.6) is 0 Å². The fourth-order valence-corrected chi connectivity index (χ4v) is 0.763. The number of rotatable bonds is 1. The van der Waals surface area contributed by atoms with Crippen LogP contribution in [0.1, 0.15) is 12.8 Å². The molecule has 1 heterocycles. The van der Waals surface area contributed by atoms with E-state index in [4.69, 9.17) is 5.11 Å². The minimum atomic E-state index is -0.931. The third-order valence-corrected chi connectivity index (χ3v) is 1.34. The van der Waals surface area contributed by atoms with E-state index in [1.807, 2.05) is 0 Å². The van der Waals surface area contributed by atoms with E-state index >= 15 is 0 Å². The average molecular weight is 144 g/mol. The summed E-state index contributed by atoms with van der Waals surface area (Å²) < 4.78 is 0. The first-order chi connectivity index (χ1) is 4.70. The number of carbonyl (C=O) groups is 2. The maximum atomic E-state index is 10.5. The molecule has 1 saturated heterocycles. The average Bonchev–Trinajstić information content (AvgIpc) is 1.88. The van der Waals surface area contributed by atoms with Crippen molar-refractivity contribution in [3.8, 4) is 0 Å². The lowest BCUT2D eigenvalue weighted by atomic mass is 10.1. The summed E-state index contributed by atoms with van der Waals surface area (Å²) in [5.74, 6) is -1.09. The minimum absolute atomic E-state index is 0.155. The molecule has 0 aromatic heterocycles. The van der Waals surface area contributed by atoms with Crippen molar-refractivity contribution >= 4 is 11.9 Å². The van der Waals surface area contributed by atoms with Gasteiger partial charge >= 0.3 is 5.97 Å². The standard InChI is InChI=1S/C5H8N2O3/c8-4-2-1-3(5(9)10)6-7-4/h3,6H,1-2H2,(H,7,8)(H,9,10). The van der Waals surface area contributed by atoms with E-state index in [0.29, 0.717) is 6.42 Å². The molecule has 0 aromatic rings. The Balaban J connectivity index is 2.40. The highest BCUT2D eigenvalue weighted by Gasteiger charge is 2.22. The van der Waals surface area contributed by atoms with Gasteiger partial charge in [0.05, 0.1) is 0 Å². The molecule has 1 aliphatic heterocycles. The van der Waals surface area contributed by atoms with Gasteiger partial charge in [-0.3, -0.25) is 15.0 Å². The van der Waals surface area contributed by atoms with Crippen molar-refractivity contribution in [3.05, 3.63) is 0 Å². The van der Waals surface area contributed by atoms with E-state index in [0.717, 1.165) is 0 Å². The van der Waals surface area contributed by atoms with Gasteiger partial charge in [-0.15, -0.1) is 0 Å². The van der Waals surface area contributed by atoms with E-state index in [2.05, 4.69) is 10.9 Å². The second-order valence-corrected chi connectivity index (χ2v) is 2.12. The summed E-state index contributed by atoms with van der Waals surface area (Å²) in [7, 11) is 0. The molecule has 0 aliphatic carbocycles. The van der Waals surface area contributed by atoms with Crippen molar-refractivity contribution in [2.24, 2.45) is 0 Å². The minimum Gasteiger partial charge on any atom is -0.480 e. The Morgan fingerprint density at radius 1 is 1.70 bits per heavy atom. The van der Waals surface area contributed by atoms with Gasteiger partial charge in [0.15, 0.2) is 0 Å². The topological polar surface area (TPSA) is 78.4 Å². The van der Waals surface area contributed by atoms with Crippen LogP contribution in [-0.4, -0.2) is 23.0 Å². The number of hydrogen-bond acceptors (Lipinski definition) is 3. The molecule has 5 nitrogen and oxygen atoms in total. The lowest BCUT2D eigenvalue weighted by molar-refractivity contribution is -0.141. The van der Waals surface area contributed by atoms with Gasteiger partial charge < -0.3 is 5.11 Å². The number of amides is 1. The van der Waals surface area contributed by atoms with Crippen LogP contribution < -0.4 is 10.9 Å². The maximum Gasteiger partial charge on any atom is 0.322 e. The summed E-state index contributed by atoms with van der Waals surface area (Å²) in [6, 6.07) is -0.627. The number of carboxylic acid groups (broad SMARTS) is 1. The molecule has 0 saturated carbocycles. The highest BCUT2D eigenvalue weighted by Crippen LogP contribution is 2.00. The lowest BCUT2D eigenvalue weighted by Gasteiger charge is -2.19. The molecule has 1 amide bonds. The van der Waals surface area contributed by atoms with Crippen LogP contribution in [-0.2, 0) is 9.59 Å². The fourth-order valence-electron chi connectivity index (χ4n) is 0.763. The summed E-state index contributed by atoms with van der Waals surface area (Å²) in [5, 5.41) is 8.41. The van der Waals surface area contributed by atoms with E-state index in [1.165, 1.54) is 0 Å². The molecule has 0 bridgehead atoms. The predicted molar refractivity (Wildman–Crippen MR) is 31.9 cm³/mol. The Hall–Kier alpha value is -1.10. The summed E-state index contributed by atoms with van der Waals surface area (Å²) in [6.07, 6.45) is 0.644. The van der Waals surface area contributed by atoms with Crippen molar-refractivity contribution in [2.75, 3.05) is 0 Å². The first-order valence-electron chi connectivity index (χ1n) is 2.97. The normalized spacial score (nSPS) is 25.6. The van der Waals surface area contributed by atoms with Gasteiger partial charge in [0.25, 0.3) is 0 Å². The van der Waals surface area contributed by atoms with Gasteiger partial charge in [-0.05, 0) is 6.42 Å². The van der Waals surface area contributed by atoms with Gasteiger partial charge in [0.1, 0.15) is 6.04 Å². The number of nitrogens with one attached hydrogen (secondary N) is 2. The number of aliphatic carboxylic acids is 1. The largest absolute Gasteiger partial charge is 0.480 e. The van der Waals surface area contributed by atoms with Crippen molar-refractivity contribution < 1.29 is 14.7 Å². The van der Waals surface area contributed by atoms with Gasteiger partial charge in [-0.1, -0.05) is 0 Å². The van der Waals surface area contributed by atoms with E-state index in [9.17, 15) is 9.59 Å². The molecule has 3 N–H and O–H groups in total. The molecule has 5 heteroatoms. The molecule has 1 rings (SSSR count). The van der Waals surface area contributed by atoms with E-state index in [-0.39, 0.29) is 12.3 Å². The number of carboxylic acids is 1. The Bertz CT molecular complexity index is 158. The Morgan fingerprint density at radius 2 is 2.40 bits per heavy atom. The smallest absolute Gasteiger partial charge is 0.322 e. The van der Waals surface area contributed by atoms with Crippen LogP contribution in [0.4, 0.5) is 0 Å². The molecule has 1 atom stereocenters. The maximum absolute atomic E-state index is 10.5. The number of hydrazine groups is 1.